The fourth-order valence-corrected chi connectivity index (χ4v) is 3.19. The van der Waals surface area contributed by atoms with E-state index in [4.69, 9.17) is 0 Å². The molecule has 1 N–H and O–H groups in total. The highest BCUT2D eigenvalue weighted by atomic mass is 32.2. The fourth-order valence-electron chi connectivity index (χ4n) is 1.82. The van der Waals surface area contributed by atoms with Crippen LogP contribution in [-0.2, 0) is 19.6 Å². The molecule has 0 fully saturated rings. The molecule has 0 aliphatic rings. The molecular weight excluding hydrogens is 282 g/mol. The standard InChI is InChI=1S/C12H21N3O4S/c1-4-10(5-2)8-15(9-12(16)19-3)20(17,18)11-6-13-14-7-11/h6-7,10H,4-5,8-9H2,1-3H3,(H,13,14). The van der Waals surface area contributed by atoms with Gasteiger partial charge in [-0.1, -0.05) is 26.7 Å². The van der Waals surface area contributed by atoms with Gasteiger partial charge in [-0.3, -0.25) is 9.89 Å². The van der Waals surface area contributed by atoms with Gasteiger partial charge in [0, 0.05) is 12.7 Å². The summed E-state index contributed by atoms with van der Waals surface area (Å²) in [6, 6.07) is 0. The monoisotopic (exact) mass is 303 g/mol. The maximum atomic E-state index is 12.5. The van der Waals surface area contributed by atoms with E-state index in [2.05, 4.69) is 14.9 Å². The van der Waals surface area contributed by atoms with Crippen LogP contribution in [0.5, 0.6) is 0 Å². The summed E-state index contributed by atoms with van der Waals surface area (Å²) in [5.74, 6) is -0.385. The van der Waals surface area contributed by atoms with Crippen molar-refractivity contribution in [2.24, 2.45) is 5.92 Å². The van der Waals surface area contributed by atoms with Crippen LogP contribution in [0.4, 0.5) is 0 Å². The second-order valence-electron chi connectivity index (χ2n) is 4.49. The van der Waals surface area contributed by atoms with E-state index in [-0.39, 0.29) is 23.9 Å². The number of nitrogens with one attached hydrogen (secondary N) is 1. The van der Waals surface area contributed by atoms with E-state index < -0.39 is 16.0 Å². The van der Waals surface area contributed by atoms with Crippen LogP contribution in [0, 0.1) is 5.92 Å². The number of hydrogen-bond acceptors (Lipinski definition) is 5. The van der Waals surface area contributed by atoms with Crippen LogP contribution in [0.15, 0.2) is 17.3 Å². The molecule has 1 rings (SSSR count). The molecule has 1 aromatic heterocycles. The molecule has 8 heteroatoms. The van der Waals surface area contributed by atoms with Gasteiger partial charge in [0.15, 0.2) is 0 Å². The molecule has 0 aliphatic heterocycles. The van der Waals surface area contributed by atoms with Crippen molar-refractivity contribution in [2.45, 2.75) is 31.6 Å². The van der Waals surface area contributed by atoms with Crippen molar-refractivity contribution in [3.8, 4) is 0 Å². The Kier molecular flexibility index (Phi) is 6.15. The average Bonchev–Trinajstić information content (AvgIpc) is 2.97. The Hall–Kier alpha value is -1.41. The van der Waals surface area contributed by atoms with Gasteiger partial charge in [0.2, 0.25) is 10.0 Å². The minimum atomic E-state index is -3.74. The number of sulfonamides is 1. The van der Waals surface area contributed by atoms with Crippen molar-refractivity contribution in [3.05, 3.63) is 12.4 Å². The Balaban J connectivity index is 3.00. The highest BCUT2D eigenvalue weighted by Crippen LogP contribution is 2.18. The van der Waals surface area contributed by atoms with Crippen molar-refractivity contribution < 1.29 is 17.9 Å². The number of rotatable bonds is 8. The lowest BCUT2D eigenvalue weighted by molar-refractivity contribution is -0.140. The zero-order chi connectivity index (χ0) is 15.2. The SMILES string of the molecule is CCC(CC)CN(CC(=O)OC)S(=O)(=O)c1cn[nH]c1. The predicted molar refractivity (Wildman–Crippen MR) is 73.4 cm³/mol. The molecule has 1 heterocycles. The molecule has 0 amide bonds. The van der Waals surface area contributed by atoms with Gasteiger partial charge in [-0.05, 0) is 5.92 Å². The second kappa shape index (κ2) is 7.39. The first-order chi connectivity index (χ1) is 9.45. The number of ether oxygens (including phenoxy) is 1. The summed E-state index contributed by atoms with van der Waals surface area (Å²) < 4.78 is 30.7. The van der Waals surface area contributed by atoms with Crippen LogP contribution in [0.3, 0.4) is 0 Å². The first kappa shape index (κ1) is 16.6. The van der Waals surface area contributed by atoms with Crippen LogP contribution < -0.4 is 0 Å². The number of nitrogens with zero attached hydrogens (tertiary/aromatic N) is 2. The smallest absolute Gasteiger partial charge is 0.321 e. The molecule has 0 unspecified atom stereocenters. The largest absolute Gasteiger partial charge is 0.468 e. The number of hydrogen-bond donors (Lipinski definition) is 1. The Morgan fingerprint density at radius 3 is 2.55 bits per heavy atom. The number of esters is 1. The minimum absolute atomic E-state index is 0.0485. The molecule has 0 radical (unpaired) electrons. The van der Waals surface area contributed by atoms with Crippen LogP contribution in [0.25, 0.3) is 0 Å². The fraction of sp³-hybridized carbons (Fsp3) is 0.667. The summed E-state index contributed by atoms with van der Waals surface area (Å²) in [4.78, 5) is 11.5. The van der Waals surface area contributed by atoms with E-state index >= 15 is 0 Å². The lowest BCUT2D eigenvalue weighted by Crippen LogP contribution is -2.39. The lowest BCUT2D eigenvalue weighted by atomic mass is 10.0. The zero-order valence-corrected chi connectivity index (χ0v) is 12.8. The third-order valence-electron chi connectivity index (χ3n) is 3.26. The van der Waals surface area contributed by atoms with Crippen molar-refractivity contribution >= 4 is 16.0 Å². The first-order valence-corrected chi connectivity index (χ1v) is 7.95. The summed E-state index contributed by atoms with van der Waals surface area (Å²) in [6.45, 7) is 3.99. The van der Waals surface area contributed by atoms with Gasteiger partial charge in [0.05, 0.1) is 13.3 Å². The third kappa shape index (κ3) is 4.04. The van der Waals surface area contributed by atoms with Crippen molar-refractivity contribution in [1.82, 2.24) is 14.5 Å². The van der Waals surface area contributed by atoms with Crippen LogP contribution >= 0.6 is 0 Å². The van der Waals surface area contributed by atoms with Crippen molar-refractivity contribution in [3.63, 3.8) is 0 Å². The second-order valence-corrected chi connectivity index (χ2v) is 6.43. The van der Waals surface area contributed by atoms with Crippen molar-refractivity contribution in [1.29, 1.82) is 0 Å². The van der Waals surface area contributed by atoms with Gasteiger partial charge in [0.25, 0.3) is 0 Å². The van der Waals surface area contributed by atoms with Crippen LogP contribution in [0.2, 0.25) is 0 Å². The summed E-state index contributed by atoms with van der Waals surface area (Å²) >= 11 is 0. The molecule has 0 aliphatic carbocycles. The number of H-pyrrole nitrogens is 1. The summed E-state index contributed by atoms with van der Waals surface area (Å²) in [5, 5.41) is 6.11. The Morgan fingerprint density at radius 1 is 1.45 bits per heavy atom. The first-order valence-electron chi connectivity index (χ1n) is 6.51. The summed E-state index contributed by atoms with van der Waals surface area (Å²) in [7, 11) is -2.50. The number of aromatic amines is 1. The third-order valence-corrected chi connectivity index (χ3v) is 5.04. The van der Waals surface area contributed by atoms with Gasteiger partial charge in [-0.25, -0.2) is 8.42 Å². The quantitative estimate of drug-likeness (QED) is 0.724. The Labute approximate surface area is 119 Å². The molecule has 0 aromatic carbocycles. The van der Waals surface area contributed by atoms with E-state index in [1.807, 2.05) is 13.8 Å². The van der Waals surface area contributed by atoms with E-state index in [0.717, 1.165) is 17.1 Å². The van der Waals surface area contributed by atoms with E-state index in [1.54, 1.807) is 0 Å². The average molecular weight is 303 g/mol. The maximum Gasteiger partial charge on any atom is 0.321 e. The molecule has 7 nitrogen and oxygen atoms in total. The van der Waals surface area contributed by atoms with Crippen LogP contribution in [-0.4, -0.2) is 49.1 Å². The highest BCUT2D eigenvalue weighted by molar-refractivity contribution is 7.89. The molecule has 0 bridgehead atoms. The molecular formula is C12H21N3O4S. The molecule has 1 aromatic rings. The molecule has 0 saturated carbocycles. The van der Waals surface area contributed by atoms with E-state index in [1.165, 1.54) is 19.5 Å². The lowest BCUT2D eigenvalue weighted by Gasteiger charge is -2.24. The van der Waals surface area contributed by atoms with Gasteiger partial charge < -0.3 is 4.74 Å². The van der Waals surface area contributed by atoms with E-state index in [0.29, 0.717) is 0 Å². The van der Waals surface area contributed by atoms with Crippen LogP contribution in [0.1, 0.15) is 26.7 Å². The molecule has 0 atom stereocenters. The topological polar surface area (TPSA) is 92.4 Å². The van der Waals surface area contributed by atoms with Gasteiger partial charge in [-0.15, -0.1) is 0 Å². The number of carbonyl (C=O) groups is 1. The van der Waals surface area contributed by atoms with E-state index in [9.17, 15) is 13.2 Å². The molecule has 0 saturated heterocycles. The van der Waals surface area contributed by atoms with Gasteiger partial charge in [-0.2, -0.15) is 9.40 Å². The molecule has 114 valence electrons. The molecule has 0 spiro atoms. The van der Waals surface area contributed by atoms with Gasteiger partial charge >= 0.3 is 5.97 Å². The van der Waals surface area contributed by atoms with Crippen molar-refractivity contribution in [2.75, 3.05) is 20.2 Å². The summed E-state index contributed by atoms with van der Waals surface area (Å²) in [6.07, 6.45) is 4.21. The number of aromatic nitrogens is 2. The normalized spacial score (nSPS) is 12.1. The zero-order valence-electron chi connectivity index (χ0n) is 12.0. The Morgan fingerprint density at radius 2 is 2.10 bits per heavy atom. The van der Waals surface area contributed by atoms with Gasteiger partial charge in [0.1, 0.15) is 11.4 Å². The summed E-state index contributed by atoms with van der Waals surface area (Å²) in [5.41, 5.74) is 0. The number of carbonyl (C=O) groups excluding carboxylic acids is 1. The molecule has 20 heavy (non-hydrogen) atoms. The Bertz CT molecular complexity index is 509. The predicted octanol–water partition coefficient (Wildman–Crippen LogP) is 1.01. The maximum absolute atomic E-state index is 12.5. The number of methoxy groups -OCH3 is 1. The highest BCUT2D eigenvalue weighted by Gasteiger charge is 2.29. The minimum Gasteiger partial charge on any atom is -0.468 e.